The number of H-pyrrole nitrogens is 1. The number of carboxylic acid groups (broad SMARTS) is 1. The lowest BCUT2D eigenvalue weighted by Gasteiger charge is -2.42. The van der Waals surface area contributed by atoms with Crippen molar-refractivity contribution in [2.24, 2.45) is 5.92 Å². The predicted octanol–water partition coefficient (Wildman–Crippen LogP) is 3.27. The maximum absolute atomic E-state index is 13.1. The maximum Gasteiger partial charge on any atom is 0.471 e. The Morgan fingerprint density at radius 3 is 2.48 bits per heavy atom. The second-order valence-corrected chi connectivity index (χ2v) is 6.52. The van der Waals surface area contributed by atoms with Gasteiger partial charge in [0.25, 0.3) is 0 Å². The molecule has 0 saturated heterocycles. The summed E-state index contributed by atoms with van der Waals surface area (Å²) in [6.45, 7) is 3.33. The van der Waals surface area contributed by atoms with Crippen LogP contribution < -0.4 is 0 Å². The molecule has 2 aromatic rings. The SMILES string of the molecule is CC(C)C1c2[nH]c3ccccc3c2CC(C(=O)O)N1C(=O)C(F)(F)F. The van der Waals surface area contributed by atoms with Crippen molar-refractivity contribution in [2.75, 3.05) is 0 Å². The molecule has 0 saturated carbocycles. The highest BCUT2D eigenvalue weighted by atomic mass is 19.4. The van der Waals surface area contributed by atoms with Gasteiger partial charge in [0.05, 0.1) is 6.04 Å². The molecule has 1 aromatic carbocycles. The molecule has 134 valence electrons. The Labute approximate surface area is 141 Å². The van der Waals surface area contributed by atoms with Crippen molar-refractivity contribution in [1.82, 2.24) is 9.88 Å². The fourth-order valence-electron chi connectivity index (χ4n) is 3.59. The van der Waals surface area contributed by atoms with Crippen LogP contribution in [-0.2, 0) is 16.0 Å². The number of alkyl halides is 3. The second kappa shape index (κ2) is 5.79. The zero-order valence-electron chi connectivity index (χ0n) is 13.6. The lowest BCUT2D eigenvalue weighted by Crippen LogP contribution is -2.56. The molecule has 1 aliphatic rings. The van der Waals surface area contributed by atoms with Crippen LogP contribution in [0.25, 0.3) is 10.9 Å². The second-order valence-electron chi connectivity index (χ2n) is 6.52. The molecule has 3 rings (SSSR count). The third-order valence-electron chi connectivity index (χ3n) is 4.57. The summed E-state index contributed by atoms with van der Waals surface area (Å²) in [6.07, 6.45) is -5.30. The standard InChI is InChI=1S/C17H17F3N2O3/c1-8(2)14-13-10(9-5-3-4-6-11(9)21-13)7-12(15(23)24)22(14)16(25)17(18,19)20/h3-6,8,12,14,21H,7H2,1-2H3,(H,23,24). The topological polar surface area (TPSA) is 73.4 Å². The summed E-state index contributed by atoms with van der Waals surface area (Å²) in [5.41, 5.74) is 1.85. The fraction of sp³-hybridized carbons (Fsp3) is 0.412. The molecule has 0 bridgehead atoms. The van der Waals surface area contributed by atoms with Gasteiger partial charge in [-0.2, -0.15) is 13.2 Å². The molecule has 25 heavy (non-hydrogen) atoms. The third-order valence-corrected chi connectivity index (χ3v) is 4.57. The van der Waals surface area contributed by atoms with Crippen LogP contribution in [-0.4, -0.2) is 39.1 Å². The van der Waals surface area contributed by atoms with Crippen LogP contribution in [0.5, 0.6) is 0 Å². The molecule has 5 nitrogen and oxygen atoms in total. The molecule has 1 aromatic heterocycles. The van der Waals surface area contributed by atoms with E-state index in [2.05, 4.69) is 4.98 Å². The Bertz CT molecular complexity index is 841. The molecule has 2 heterocycles. The number of halogens is 3. The van der Waals surface area contributed by atoms with E-state index >= 15 is 0 Å². The largest absolute Gasteiger partial charge is 0.480 e. The van der Waals surface area contributed by atoms with Gasteiger partial charge in [0, 0.05) is 23.0 Å². The Morgan fingerprint density at radius 1 is 1.28 bits per heavy atom. The van der Waals surface area contributed by atoms with Crippen molar-refractivity contribution in [3.63, 3.8) is 0 Å². The van der Waals surface area contributed by atoms with Crippen LogP contribution in [0, 0.1) is 5.92 Å². The molecule has 2 unspecified atom stereocenters. The van der Waals surface area contributed by atoms with Gasteiger partial charge >= 0.3 is 18.1 Å². The quantitative estimate of drug-likeness (QED) is 0.869. The maximum atomic E-state index is 13.1. The number of aromatic amines is 1. The number of nitrogens with one attached hydrogen (secondary N) is 1. The highest BCUT2D eigenvalue weighted by Gasteiger charge is 2.52. The number of carbonyl (C=O) groups is 2. The molecule has 0 spiro atoms. The summed E-state index contributed by atoms with van der Waals surface area (Å²) >= 11 is 0. The lowest BCUT2D eigenvalue weighted by atomic mass is 9.86. The minimum Gasteiger partial charge on any atom is -0.480 e. The minimum atomic E-state index is -5.13. The van der Waals surface area contributed by atoms with E-state index in [9.17, 15) is 27.9 Å². The number of benzene rings is 1. The van der Waals surface area contributed by atoms with Crippen molar-refractivity contribution in [2.45, 2.75) is 38.5 Å². The average Bonchev–Trinajstić information content (AvgIpc) is 2.89. The number of rotatable bonds is 2. The molecule has 0 aliphatic carbocycles. The predicted molar refractivity (Wildman–Crippen MR) is 83.9 cm³/mol. The molecule has 0 radical (unpaired) electrons. The Kier molecular flexibility index (Phi) is 4.01. The number of hydrogen-bond donors (Lipinski definition) is 2. The van der Waals surface area contributed by atoms with Gasteiger partial charge < -0.3 is 15.0 Å². The van der Waals surface area contributed by atoms with Crippen molar-refractivity contribution in [1.29, 1.82) is 0 Å². The Morgan fingerprint density at radius 2 is 1.92 bits per heavy atom. The van der Waals surface area contributed by atoms with Crippen LogP contribution >= 0.6 is 0 Å². The lowest BCUT2D eigenvalue weighted by molar-refractivity contribution is -0.194. The monoisotopic (exact) mass is 354 g/mol. The first kappa shape index (κ1) is 17.3. The van der Waals surface area contributed by atoms with E-state index < -0.39 is 36.1 Å². The minimum absolute atomic E-state index is 0.167. The summed E-state index contributed by atoms with van der Waals surface area (Å²) < 4.78 is 39.3. The highest BCUT2D eigenvalue weighted by molar-refractivity contribution is 5.91. The highest BCUT2D eigenvalue weighted by Crippen LogP contribution is 2.42. The normalized spacial score (nSPS) is 20.8. The van der Waals surface area contributed by atoms with Gasteiger partial charge in [-0.3, -0.25) is 4.79 Å². The van der Waals surface area contributed by atoms with Crippen LogP contribution in [0.15, 0.2) is 24.3 Å². The zero-order valence-corrected chi connectivity index (χ0v) is 13.6. The molecular weight excluding hydrogens is 337 g/mol. The number of carboxylic acids is 1. The smallest absolute Gasteiger partial charge is 0.471 e. The van der Waals surface area contributed by atoms with Gasteiger partial charge in [-0.1, -0.05) is 32.0 Å². The fourth-order valence-corrected chi connectivity index (χ4v) is 3.59. The van der Waals surface area contributed by atoms with Crippen molar-refractivity contribution >= 4 is 22.8 Å². The zero-order chi connectivity index (χ0) is 18.5. The van der Waals surface area contributed by atoms with Gasteiger partial charge in [0.2, 0.25) is 0 Å². The number of aliphatic carboxylic acids is 1. The first-order valence-electron chi connectivity index (χ1n) is 7.84. The summed E-state index contributed by atoms with van der Waals surface area (Å²) in [6, 6.07) is 4.57. The number of aromatic nitrogens is 1. The van der Waals surface area contributed by atoms with Gasteiger partial charge in [-0.15, -0.1) is 0 Å². The third kappa shape index (κ3) is 2.75. The molecule has 2 N–H and O–H groups in total. The molecule has 1 amide bonds. The van der Waals surface area contributed by atoms with Gasteiger partial charge in [-0.25, -0.2) is 4.79 Å². The van der Waals surface area contributed by atoms with Gasteiger partial charge in [-0.05, 0) is 17.5 Å². The number of carbonyl (C=O) groups excluding carboxylic acids is 1. The van der Waals surface area contributed by atoms with Crippen molar-refractivity contribution < 1.29 is 27.9 Å². The van der Waals surface area contributed by atoms with Crippen LogP contribution in [0.1, 0.15) is 31.1 Å². The van der Waals surface area contributed by atoms with E-state index in [4.69, 9.17) is 0 Å². The van der Waals surface area contributed by atoms with E-state index in [1.54, 1.807) is 38.1 Å². The Hall–Kier alpha value is -2.51. The molecule has 0 fully saturated rings. The first-order valence-corrected chi connectivity index (χ1v) is 7.84. The first-order chi connectivity index (χ1) is 11.6. The average molecular weight is 354 g/mol. The van der Waals surface area contributed by atoms with E-state index in [0.717, 1.165) is 5.39 Å². The van der Waals surface area contributed by atoms with Crippen molar-refractivity contribution in [3.8, 4) is 0 Å². The molecule has 1 aliphatic heterocycles. The molecule has 8 heteroatoms. The number of para-hydroxylation sites is 1. The van der Waals surface area contributed by atoms with E-state index in [-0.39, 0.29) is 6.42 Å². The van der Waals surface area contributed by atoms with Crippen LogP contribution in [0.2, 0.25) is 0 Å². The van der Waals surface area contributed by atoms with E-state index in [1.165, 1.54) is 0 Å². The molecular formula is C17H17F3N2O3. The van der Waals surface area contributed by atoms with Crippen LogP contribution in [0.4, 0.5) is 13.2 Å². The summed E-state index contributed by atoms with van der Waals surface area (Å²) in [5.74, 6) is -3.97. The molecule has 2 atom stereocenters. The summed E-state index contributed by atoms with van der Waals surface area (Å²) in [4.78, 5) is 27.2. The summed E-state index contributed by atoms with van der Waals surface area (Å²) in [5, 5.41) is 10.3. The van der Waals surface area contributed by atoms with Crippen molar-refractivity contribution in [3.05, 3.63) is 35.5 Å². The summed E-state index contributed by atoms with van der Waals surface area (Å²) in [7, 11) is 0. The van der Waals surface area contributed by atoms with Gasteiger partial charge in [0.1, 0.15) is 6.04 Å². The number of amides is 1. The van der Waals surface area contributed by atoms with E-state index in [1.807, 2.05) is 0 Å². The Balaban J connectivity index is 2.24. The van der Waals surface area contributed by atoms with Crippen LogP contribution in [0.3, 0.4) is 0 Å². The van der Waals surface area contributed by atoms with E-state index in [0.29, 0.717) is 21.7 Å². The number of nitrogens with zero attached hydrogens (tertiary/aromatic N) is 1. The van der Waals surface area contributed by atoms with Gasteiger partial charge in [0.15, 0.2) is 0 Å². The number of fused-ring (bicyclic) bond motifs is 3. The number of hydrogen-bond acceptors (Lipinski definition) is 2.